The van der Waals surface area contributed by atoms with Crippen LogP contribution in [0.2, 0.25) is 4.34 Å². The van der Waals surface area contributed by atoms with Crippen molar-refractivity contribution in [1.82, 2.24) is 14.8 Å². The maximum atomic E-state index is 13.0. The minimum absolute atomic E-state index is 0.151. The Labute approximate surface area is 178 Å². The zero-order valence-electron chi connectivity index (χ0n) is 15.3. The number of rotatable bonds is 7. The summed E-state index contributed by atoms with van der Waals surface area (Å²) in [6.45, 7) is -0.503. The smallest absolute Gasteiger partial charge is 0.309 e. The molecule has 10 heteroatoms. The van der Waals surface area contributed by atoms with Crippen LogP contribution in [0.3, 0.4) is 0 Å². The highest BCUT2D eigenvalue weighted by Gasteiger charge is 2.17. The van der Waals surface area contributed by atoms with E-state index in [1.54, 1.807) is 36.5 Å². The number of fused-ring (bicyclic) bond motifs is 1. The number of alkyl halides is 2. The molecule has 0 amide bonds. The fourth-order valence-electron chi connectivity index (χ4n) is 3.08. The van der Waals surface area contributed by atoms with E-state index in [0.717, 1.165) is 16.0 Å². The van der Waals surface area contributed by atoms with Gasteiger partial charge in [-0.15, -0.1) is 11.3 Å². The van der Waals surface area contributed by atoms with E-state index in [4.69, 9.17) is 16.7 Å². The van der Waals surface area contributed by atoms with Crippen molar-refractivity contribution in [3.63, 3.8) is 0 Å². The molecule has 0 saturated heterocycles. The second-order valence-corrected chi connectivity index (χ2v) is 8.21. The second kappa shape index (κ2) is 8.37. The lowest BCUT2D eigenvalue weighted by atomic mass is 10.1. The minimum Gasteiger partial charge on any atom is -0.481 e. The van der Waals surface area contributed by atoms with E-state index in [2.05, 4.69) is 15.4 Å². The molecule has 2 N–H and O–H groups in total. The third-order valence-corrected chi connectivity index (χ3v) is 5.55. The number of aromatic nitrogens is 3. The van der Waals surface area contributed by atoms with Crippen LogP contribution < -0.4 is 5.32 Å². The number of anilines is 2. The molecule has 0 atom stereocenters. The number of hydrogen-bond donors (Lipinski definition) is 2. The molecular formula is C20H15ClF2N4O2S. The quantitative estimate of drug-likeness (QED) is 0.393. The number of thiophene rings is 1. The van der Waals surface area contributed by atoms with Crippen molar-refractivity contribution in [3.8, 4) is 10.6 Å². The van der Waals surface area contributed by atoms with Crippen molar-refractivity contribution in [2.45, 2.75) is 19.4 Å². The van der Waals surface area contributed by atoms with Gasteiger partial charge in [-0.2, -0.15) is 5.10 Å². The lowest BCUT2D eigenvalue weighted by Crippen LogP contribution is -2.07. The maximum absolute atomic E-state index is 13.0. The van der Waals surface area contributed by atoms with E-state index >= 15 is 0 Å². The number of carboxylic acids is 1. The van der Waals surface area contributed by atoms with E-state index in [1.807, 2.05) is 12.1 Å². The molecule has 4 aromatic rings. The first-order chi connectivity index (χ1) is 14.4. The summed E-state index contributed by atoms with van der Waals surface area (Å²) in [5.41, 5.74) is 3.02. The largest absolute Gasteiger partial charge is 0.481 e. The van der Waals surface area contributed by atoms with Gasteiger partial charge in [0.15, 0.2) is 0 Å². The Kier molecular flexibility index (Phi) is 5.65. The van der Waals surface area contributed by atoms with Gasteiger partial charge in [0.05, 0.1) is 38.7 Å². The van der Waals surface area contributed by atoms with Gasteiger partial charge in [0, 0.05) is 11.1 Å². The zero-order chi connectivity index (χ0) is 21.3. The normalized spacial score (nSPS) is 11.3. The summed E-state index contributed by atoms with van der Waals surface area (Å²) in [6.07, 6.45) is -1.13. The van der Waals surface area contributed by atoms with Gasteiger partial charge < -0.3 is 10.4 Å². The van der Waals surface area contributed by atoms with Gasteiger partial charge in [0.1, 0.15) is 12.2 Å². The summed E-state index contributed by atoms with van der Waals surface area (Å²) >= 11 is 7.37. The first kappa shape index (κ1) is 20.2. The van der Waals surface area contributed by atoms with E-state index in [9.17, 15) is 13.6 Å². The lowest BCUT2D eigenvalue weighted by Gasteiger charge is -2.08. The van der Waals surface area contributed by atoms with Crippen molar-refractivity contribution in [2.75, 3.05) is 5.32 Å². The maximum Gasteiger partial charge on any atom is 0.309 e. The molecule has 6 nitrogen and oxygen atoms in total. The Hall–Kier alpha value is -3.04. The van der Waals surface area contributed by atoms with Gasteiger partial charge in [-0.3, -0.25) is 14.5 Å². The van der Waals surface area contributed by atoms with Gasteiger partial charge in [0.25, 0.3) is 6.43 Å². The average Bonchev–Trinajstić information content (AvgIpc) is 3.26. The minimum atomic E-state index is -2.53. The summed E-state index contributed by atoms with van der Waals surface area (Å²) in [4.78, 5) is 15.7. The summed E-state index contributed by atoms with van der Waals surface area (Å²) in [5, 5.41) is 17.1. The summed E-state index contributed by atoms with van der Waals surface area (Å²) < 4.78 is 27.9. The van der Waals surface area contributed by atoms with Gasteiger partial charge in [-0.05, 0) is 42.5 Å². The molecule has 3 aromatic heterocycles. The van der Waals surface area contributed by atoms with E-state index in [1.165, 1.54) is 16.0 Å². The monoisotopic (exact) mass is 448 g/mol. The molecule has 0 aliphatic rings. The predicted molar refractivity (Wildman–Crippen MR) is 113 cm³/mol. The van der Waals surface area contributed by atoms with E-state index in [0.29, 0.717) is 26.9 Å². The van der Waals surface area contributed by atoms with Gasteiger partial charge in [-0.1, -0.05) is 11.6 Å². The highest BCUT2D eigenvalue weighted by molar-refractivity contribution is 7.19. The van der Waals surface area contributed by atoms with Crippen molar-refractivity contribution < 1.29 is 18.7 Å². The van der Waals surface area contributed by atoms with Crippen molar-refractivity contribution in [1.29, 1.82) is 0 Å². The number of pyridine rings is 1. The van der Waals surface area contributed by atoms with Crippen LogP contribution in [-0.2, 0) is 17.8 Å². The number of hydrogen-bond acceptors (Lipinski definition) is 5. The standard InChI is InChI=1S/C20H15ClF2N4O2S/c21-17-6-5-16(30-17)20-14-7-12(3-4-15(14)27(26-20)10-18(22)23)25-13-2-1-11(24-9-13)8-19(28)29/h1-7,9,18,25H,8,10H2,(H,28,29). The first-order valence-electron chi connectivity index (χ1n) is 8.87. The molecule has 0 fully saturated rings. The molecule has 3 heterocycles. The van der Waals surface area contributed by atoms with Crippen LogP contribution in [0.1, 0.15) is 5.69 Å². The topological polar surface area (TPSA) is 80.0 Å². The number of benzene rings is 1. The summed E-state index contributed by atoms with van der Waals surface area (Å²) in [6, 6.07) is 12.3. The molecule has 4 rings (SSSR count). The Morgan fingerprint density at radius 3 is 2.63 bits per heavy atom. The van der Waals surface area contributed by atoms with E-state index in [-0.39, 0.29) is 6.42 Å². The first-order valence-corrected chi connectivity index (χ1v) is 10.1. The molecule has 1 aromatic carbocycles. The highest BCUT2D eigenvalue weighted by Crippen LogP contribution is 2.36. The number of nitrogens with one attached hydrogen (secondary N) is 1. The fourth-order valence-corrected chi connectivity index (χ4v) is 4.12. The predicted octanol–water partition coefficient (Wildman–Crippen LogP) is 5.45. The Bertz CT molecular complexity index is 1210. The van der Waals surface area contributed by atoms with E-state index < -0.39 is 18.9 Å². The fraction of sp³-hybridized carbons (Fsp3) is 0.150. The second-order valence-electron chi connectivity index (χ2n) is 6.49. The van der Waals surface area contributed by atoms with Crippen LogP contribution in [0.15, 0.2) is 48.7 Å². The number of carboxylic acid groups (broad SMARTS) is 1. The average molecular weight is 449 g/mol. The Morgan fingerprint density at radius 1 is 1.20 bits per heavy atom. The molecule has 0 bridgehead atoms. The van der Waals surface area contributed by atoms with Crippen molar-refractivity contribution in [3.05, 3.63) is 58.7 Å². The van der Waals surface area contributed by atoms with Crippen LogP contribution in [0, 0.1) is 0 Å². The SMILES string of the molecule is O=C(O)Cc1ccc(Nc2ccc3c(c2)c(-c2ccc(Cl)s2)nn3CC(F)F)cn1. The third kappa shape index (κ3) is 4.42. The molecule has 30 heavy (non-hydrogen) atoms. The molecule has 0 radical (unpaired) electrons. The molecule has 154 valence electrons. The molecule has 0 spiro atoms. The number of aliphatic carboxylic acids is 1. The highest BCUT2D eigenvalue weighted by atomic mass is 35.5. The van der Waals surface area contributed by atoms with Crippen molar-refractivity contribution >= 4 is 51.2 Å². The third-order valence-electron chi connectivity index (χ3n) is 4.31. The molecule has 0 aliphatic heterocycles. The van der Waals surface area contributed by atoms with Crippen LogP contribution in [0.4, 0.5) is 20.2 Å². The van der Waals surface area contributed by atoms with Gasteiger partial charge in [-0.25, -0.2) is 8.78 Å². The van der Waals surface area contributed by atoms with Crippen LogP contribution in [0.5, 0.6) is 0 Å². The zero-order valence-corrected chi connectivity index (χ0v) is 16.9. The lowest BCUT2D eigenvalue weighted by molar-refractivity contribution is -0.136. The Morgan fingerprint density at radius 2 is 2.00 bits per heavy atom. The van der Waals surface area contributed by atoms with Crippen molar-refractivity contribution in [2.24, 2.45) is 0 Å². The number of halogens is 3. The summed E-state index contributed by atoms with van der Waals surface area (Å²) in [7, 11) is 0. The number of nitrogens with zero attached hydrogens (tertiary/aromatic N) is 3. The van der Waals surface area contributed by atoms with Crippen LogP contribution >= 0.6 is 22.9 Å². The number of carbonyl (C=O) groups is 1. The van der Waals surface area contributed by atoms with Crippen LogP contribution in [-0.4, -0.2) is 32.3 Å². The molecule has 0 aliphatic carbocycles. The molecule has 0 unspecified atom stereocenters. The summed E-state index contributed by atoms with van der Waals surface area (Å²) in [5.74, 6) is -0.948. The molecule has 0 saturated carbocycles. The van der Waals surface area contributed by atoms with Gasteiger partial charge >= 0.3 is 5.97 Å². The van der Waals surface area contributed by atoms with Crippen LogP contribution in [0.25, 0.3) is 21.5 Å². The molecular weight excluding hydrogens is 434 g/mol. The van der Waals surface area contributed by atoms with Gasteiger partial charge in [0.2, 0.25) is 0 Å². The Balaban J connectivity index is 1.69.